The van der Waals surface area contributed by atoms with Crippen molar-refractivity contribution in [2.75, 3.05) is 0 Å². The van der Waals surface area contributed by atoms with Crippen LogP contribution in [0.2, 0.25) is 0 Å². The van der Waals surface area contributed by atoms with Gasteiger partial charge in [0.1, 0.15) is 7.40 Å². The van der Waals surface area contributed by atoms with Gasteiger partial charge in [-0.25, -0.2) is 4.98 Å². The van der Waals surface area contributed by atoms with Gasteiger partial charge in [0.25, 0.3) is 0 Å². The maximum atomic E-state index is 4.21. The molecule has 0 aromatic carbocycles. The summed E-state index contributed by atoms with van der Waals surface area (Å²) in [6.07, 6.45) is 1.91. The van der Waals surface area contributed by atoms with E-state index in [-0.39, 0.29) is 0 Å². The number of rotatable bonds is 2. The van der Waals surface area contributed by atoms with E-state index in [0.717, 1.165) is 10.2 Å². The number of aromatic nitrogens is 2. The average Bonchev–Trinajstić information content (AvgIpc) is 2.18. The summed E-state index contributed by atoms with van der Waals surface area (Å²) in [5.41, 5.74) is 0. The van der Waals surface area contributed by atoms with Crippen molar-refractivity contribution in [3.8, 4) is 0 Å². The second kappa shape index (κ2) is 4.06. The average molecular weight is 376 g/mol. The topological polar surface area (TPSA) is 17.8 Å². The van der Waals surface area contributed by atoms with E-state index in [1.807, 2.05) is 6.33 Å². The third-order valence-electron chi connectivity index (χ3n) is 1.29. The van der Waals surface area contributed by atoms with Gasteiger partial charge in [-0.05, 0) is 51.1 Å². The fraction of sp³-hybridized carbons (Fsp3) is 0.571. The van der Waals surface area contributed by atoms with Gasteiger partial charge in [0.05, 0.1) is 6.33 Å². The summed E-state index contributed by atoms with van der Waals surface area (Å²) in [7, 11) is 0. The van der Waals surface area contributed by atoms with E-state index >= 15 is 0 Å². The molecule has 0 N–H and O–H groups in total. The summed E-state index contributed by atoms with van der Waals surface area (Å²) in [4.78, 5) is 4.21. The molecule has 0 saturated carbocycles. The van der Waals surface area contributed by atoms with Crippen molar-refractivity contribution in [1.82, 2.24) is 9.55 Å². The first-order chi connectivity index (χ1) is 5.11. The maximum Gasteiger partial charge on any atom is 0.132 e. The molecule has 0 amide bonds. The summed E-state index contributed by atoms with van der Waals surface area (Å²) >= 11 is 4.58. The molecule has 1 aromatic rings. The van der Waals surface area contributed by atoms with Crippen LogP contribution in [0.3, 0.4) is 0 Å². The maximum absolute atomic E-state index is 4.21. The fourth-order valence-electron chi connectivity index (χ4n) is 0.864. The zero-order valence-corrected chi connectivity index (χ0v) is 10.8. The monoisotopic (exact) mass is 376 g/mol. The zero-order chi connectivity index (χ0) is 8.43. The third kappa shape index (κ3) is 2.57. The van der Waals surface area contributed by atoms with Crippen LogP contribution in [0.4, 0.5) is 0 Å². The Morgan fingerprint density at radius 1 is 1.55 bits per heavy atom. The van der Waals surface area contributed by atoms with Crippen molar-refractivity contribution in [2.45, 2.75) is 20.4 Å². The molecule has 0 spiro atoms. The number of hydrogen-bond donors (Lipinski definition) is 0. The highest BCUT2D eigenvalue weighted by Gasteiger charge is 2.05. The van der Waals surface area contributed by atoms with Crippen molar-refractivity contribution < 1.29 is 0 Å². The molecule has 0 saturated heterocycles. The number of imidazole rings is 1. The Hall–Kier alpha value is 0.670. The molecule has 0 aliphatic carbocycles. The van der Waals surface area contributed by atoms with Crippen LogP contribution in [-0.4, -0.2) is 9.55 Å². The summed E-state index contributed by atoms with van der Waals surface area (Å²) < 4.78 is 4.54. The van der Waals surface area contributed by atoms with Gasteiger partial charge < -0.3 is 4.57 Å². The first kappa shape index (κ1) is 9.76. The van der Waals surface area contributed by atoms with Crippen LogP contribution in [0, 0.1) is 13.3 Å². The lowest BCUT2D eigenvalue weighted by atomic mass is 10.2. The van der Waals surface area contributed by atoms with E-state index < -0.39 is 0 Å². The Labute approximate surface area is 94.1 Å². The second-order valence-corrected chi connectivity index (χ2v) is 4.92. The first-order valence-electron chi connectivity index (χ1n) is 3.47. The van der Waals surface area contributed by atoms with Gasteiger partial charge in [0.2, 0.25) is 0 Å². The van der Waals surface area contributed by atoms with Crippen LogP contribution >= 0.6 is 45.2 Å². The minimum absolute atomic E-state index is 0.688. The van der Waals surface area contributed by atoms with Gasteiger partial charge in [-0.1, -0.05) is 13.8 Å². The van der Waals surface area contributed by atoms with E-state index in [1.165, 1.54) is 3.70 Å². The standard InChI is InChI=1S/C7H10I2N2/c1-5(2)3-11-4-10-6(8)7(11)9/h4-5H,3H2,1-2H3. The SMILES string of the molecule is CC(C)Cn1cnc(I)c1I. The molecule has 1 aromatic heterocycles. The molecule has 2 nitrogen and oxygen atoms in total. The highest BCUT2D eigenvalue weighted by molar-refractivity contribution is 14.1. The fourth-order valence-corrected chi connectivity index (χ4v) is 1.76. The molecule has 0 radical (unpaired) electrons. The third-order valence-corrected chi connectivity index (χ3v) is 4.25. The Balaban J connectivity index is 2.79. The van der Waals surface area contributed by atoms with Crippen molar-refractivity contribution in [2.24, 2.45) is 5.92 Å². The van der Waals surface area contributed by atoms with Crippen LogP contribution < -0.4 is 0 Å². The predicted octanol–water partition coefficient (Wildman–Crippen LogP) is 2.75. The molecule has 1 heterocycles. The number of hydrogen-bond acceptors (Lipinski definition) is 1. The predicted molar refractivity (Wildman–Crippen MR) is 62.5 cm³/mol. The van der Waals surface area contributed by atoms with Crippen LogP contribution in [0.15, 0.2) is 6.33 Å². The molecule has 0 atom stereocenters. The lowest BCUT2D eigenvalue weighted by Gasteiger charge is -2.06. The molecule has 1 rings (SSSR count). The summed E-state index contributed by atoms with van der Waals surface area (Å²) in [6, 6.07) is 0. The molecule has 0 aliphatic rings. The van der Waals surface area contributed by atoms with Crippen LogP contribution in [0.1, 0.15) is 13.8 Å². The molecular weight excluding hydrogens is 366 g/mol. The van der Waals surface area contributed by atoms with E-state index in [0.29, 0.717) is 5.92 Å². The van der Waals surface area contributed by atoms with Crippen molar-refractivity contribution in [1.29, 1.82) is 0 Å². The van der Waals surface area contributed by atoms with Crippen molar-refractivity contribution in [3.05, 3.63) is 13.7 Å². The van der Waals surface area contributed by atoms with Gasteiger partial charge in [-0.3, -0.25) is 0 Å². The molecule has 0 aliphatic heterocycles. The number of halogens is 2. The molecule has 0 bridgehead atoms. The van der Waals surface area contributed by atoms with E-state index in [4.69, 9.17) is 0 Å². The van der Waals surface area contributed by atoms with E-state index in [1.54, 1.807) is 0 Å². The van der Waals surface area contributed by atoms with Crippen molar-refractivity contribution in [3.63, 3.8) is 0 Å². The zero-order valence-electron chi connectivity index (χ0n) is 6.51. The Kier molecular flexibility index (Phi) is 3.60. The van der Waals surface area contributed by atoms with Crippen LogP contribution in [-0.2, 0) is 6.54 Å². The summed E-state index contributed by atoms with van der Waals surface area (Å²) in [5.74, 6) is 0.688. The summed E-state index contributed by atoms with van der Waals surface area (Å²) in [5, 5.41) is 0. The molecule has 0 unspecified atom stereocenters. The largest absolute Gasteiger partial charge is 0.325 e. The highest BCUT2D eigenvalue weighted by atomic mass is 127. The lowest BCUT2D eigenvalue weighted by molar-refractivity contribution is 0.516. The molecule has 62 valence electrons. The van der Waals surface area contributed by atoms with Crippen molar-refractivity contribution >= 4 is 45.2 Å². The quantitative estimate of drug-likeness (QED) is 0.727. The molecule has 0 fully saturated rings. The van der Waals surface area contributed by atoms with E-state index in [2.05, 4.69) is 68.6 Å². The smallest absolute Gasteiger partial charge is 0.132 e. The molecule has 4 heteroatoms. The minimum Gasteiger partial charge on any atom is -0.325 e. The Bertz CT molecular complexity index is 243. The normalized spacial score (nSPS) is 11.0. The minimum atomic E-state index is 0.688. The molecule has 11 heavy (non-hydrogen) atoms. The van der Waals surface area contributed by atoms with Gasteiger partial charge in [0.15, 0.2) is 0 Å². The van der Waals surface area contributed by atoms with Gasteiger partial charge in [0, 0.05) is 6.54 Å². The van der Waals surface area contributed by atoms with Gasteiger partial charge >= 0.3 is 0 Å². The Morgan fingerprint density at radius 2 is 2.18 bits per heavy atom. The molecular formula is C7H10I2N2. The van der Waals surface area contributed by atoms with Crippen LogP contribution in [0.5, 0.6) is 0 Å². The summed E-state index contributed by atoms with van der Waals surface area (Å²) in [6.45, 7) is 5.49. The Morgan fingerprint density at radius 3 is 2.55 bits per heavy atom. The van der Waals surface area contributed by atoms with Gasteiger partial charge in [-0.15, -0.1) is 0 Å². The van der Waals surface area contributed by atoms with Gasteiger partial charge in [-0.2, -0.15) is 0 Å². The first-order valence-corrected chi connectivity index (χ1v) is 5.63. The van der Waals surface area contributed by atoms with Crippen LogP contribution in [0.25, 0.3) is 0 Å². The number of nitrogens with zero attached hydrogens (tertiary/aromatic N) is 2. The highest BCUT2D eigenvalue weighted by Crippen LogP contribution is 2.14. The lowest BCUT2D eigenvalue weighted by Crippen LogP contribution is -2.04. The van der Waals surface area contributed by atoms with E-state index in [9.17, 15) is 0 Å². The second-order valence-electron chi connectivity index (χ2n) is 2.87.